The Morgan fingerprint density at radius 1 is 1.12 bits per heavy atom. The molecule has 0 fully saturated rings. The number of hydrogen-bond donors (Lipinski definition) is 1. The van der Waals surface area contributed by atoms with E-state index < -0.39 is 0 Å². The summed E-state index contributed by atoms with van der Waals surface area (Å²) in [5.41, 5.74) is 5.05. The SMILES string of the molecule is Cc1cccc(-c2nocc2CCC(=O)NCc2ccccc2)c1. The van der Waals surface area contributed by atoms with Crippen LogP contribution >= 0.6 is 0 Å². The predicted molar refractivity (Wildman–Crippen MR) is 93.3 cm³/mol. The lowest BCUT2D eigenvalue weighted by atomic mass is 10.0. The fraction of sp³-hybridized carbons (Fsp3) is 0.200. The lowest BCUT2D eigenvalue weighted by molar-refractivity contribution is -0.121. The van der Waals surface area contributed by atoms with Gasteiger partial charge in [0, 0.05) is 24.1 Å². The Morgan fingerprint density at radius 2 is 1.96 bits per heavy atom. The summed E-state index contributed by atoms with van der Waals surface area (Å²) in [5.74, 6) is 0.0234. The fourth-order valence-corrected chi connectivity index (χ4v) is 2.60. The predicted octanol–water partition coefficient (Wildman–Crippen LogP) is 3.90. The number of aromatic nitrogens is 1. The maximum absolute atomic E-state index is 12.1. The third kappa shape index (κ3) is 4.10. The second kappa shape index (κ2) is 7.59. The molecule has 0 aliphatic carbocycles. The molecule has 1 N–H and O–H groups in total. The molecule has 0 bridgehead atoms. The highest BCUT2D eigenvalue weighted by atomic mass is 16.5. The van der Waals surface area contributed by atoms with Crippen LogP contribution in [0.4, 0.5) is 0 Å². The summed E-state index contributed by atoms with van der Waals surface area (Å²) in [7, 11) is 0. The molecule has 4 nitrogen and oxygen atoms in total. The van der Waals surface area contributed by atoms with Crippen LogP contribution in [0.25, 0.3) is 11.3 Å². The number of rotatable bonds is 6. The van der Waals surface area contributed by atoms with Gasteiger partial charge in [0.05, 0.1) is 0 Å². The molecule has 0 saturated heterocycles. The van der Waals surface area contributed by atoms with E-state index in [4.69, 9.17) is 4.52 Å². The lowest BCUT2D eigenvalue weighted by Gasteiger charge is -2.05. The molecule has 2 aromatic carbocycles. The Bertz CT molecular complexity index is 809. The van der Waals surface area contributed by atoms with E-state index in [0.29, 0.717) is 19.4 Å². The first-order valence-electron chi connectivity index (χ1n) is 8.03. The van der Waals surface area contributed by atoms with E-state index in [9.17, 15) is 4.79 Å². The molecular weight excluding hydrogens is 300 g/mol. The van der Waals surface area contributed by atoms with E-state index in [-0.39, 0.29) is 5.91 Å². The summed E-state index contributed by atoms with van der Waals surface area (Å²) in [6, 6.07) is 18.0. The quantitative estimate of drug-likeness (QED) is 0.749. The van der Waals surface area contributed by atoms with Gasteiger partial charge < -0.3 is 9.84 Å². The topological polar surface area (TPSA) is 55.1 Å². The molecule has 0 spiro atoms. The fourth-order valence-electron chi connectivity index (χ4n) is 2.60. The van der Waals surface area contributed by atoms with E-state index in [1.54, 1.807) is 6.26 Å². The second-order valence-electron chi connectivity index (χ2n) is 5.82. The summed E-state index contributed by atoms with van der Waals surface area (Å²) < 4.78 is 5.12. The van der Waals surface area contributed by atoms with Crippen LogP contribution in [0.3, 0.4) is 0 Å². The average Bonchev–Trinajstić information content (AvgIpc) is 3.08. The van der Waals surface area contributed by atoms with Gasteiger partial charge in [-0.2, -0.15) is 0 Å². The first-order chi connectivity index (χ1) is 11.7. The summed E-state index contributed by atoms with van der Waals surface area (Å²) in [5, 5.41) is 7.03. The van der Waals surface area contributed by atoms with Crippen LogP contribution in [0.2, 0.25) is 0 Å². The molecule has 0 aliphatic heterocycles. The highest BCUT2D eigenvalue weighted by molar-refractivity contribution is 5.76. The monoisotopic (exact) mass is 320 g/mol. The molecule has 0 radical (unpaired) electrons. The van der Waals surface area contributed by atoms with Gasteiger partial charge in [0.1, 0.15) is 12.0 Å². The first-order valence-corrected chi connectivity index (χ1v) is 8.03. The van der Waals surface area contributed by atoms with Crippen molar-refractivity contribution in [3.63, 3.8) is 0 Å². The molecule has 1 amide bonds. The third-order valence-corrected chi connectivity index (χ3v) is 3.89. The van der Waals surface area contributed by atoms with Crippen molar-refractivity contribution in [2.24, 2.45) is 0 Å². The summed E-state index contributed by atoms with van der Waals surface area (Å²) in [4.78, 5) is 12.1. The van der Waals surface area contributed by atoms with Crippen molar-refractivity contribution < 1.29 is 9.32 Å². The normalized spacial score (nSPS) is 10.5. The first kappa shape index (κ1) is 16.0. The second-order valence-corrected chi connectivity index (χ2v) is 5.82. The van der Waals surface area contributed by atoms with Crippen LogP contribution in [-0.4, -0.2) is 11.1 Å². The minimum absolute atomic E-state index is 0.0234. The largest absolute Gasteiger partial charge is 0.364 e. The van der Waals surface area contributed by atoms with Crippen molar-refractivity contribution in [1.29, 1.82) is 0 Å². The number of aryl methyl sites for hydroxylation is 2. The summed E-state index contributed by atoms with van der Waals surface area (Å²) in [6.45, 7) is 2.59. The lowest BCUT2D eigenvalue weighted by Crippen LogP contribution is -2.22. The number of hydrogen-bond acceptors (Lipinski definition) is 3. The zero-order chi connectivity index (χ0) is 16.8. The van der Waals surface area contributed by atoms with Gasteiger partial charge in [-0.3, -0.25) is 4.79 Å². The zero-order valence-corrected chi connectivity index (χ0v) is 13.7. The zero-order valence-electron chi connectivity index (χ0n) is 13.7. The van der Waals surface area contributed by atoms with E-state index in [1.165, 1.54) is 5.56 Å². The van der Waals surface area contributed by atoms with E-state index in [2.05, 4.69) is 16.5 Å². The molecule has 1 heterocycles. The Hall–Kier alpha value is -2.88. The standard InChI is InChI=1S/C20H20N2O2/c1-15-6-5-9-17(12-15)20-18(14-24-22-20)10-11-19(23)21-13-16-7-3-2-4-8-16/h2-9,12,14H,10-11,13H2,1H3,(H,21,23). The van der Waals surface area contributed by atoms with Crippen molar-refractivity contribution >= 4 is 5.91 Å². The number of carbonyl (C=O) groups is 1. The number of benzene rings is 2. The van der Waals surface area contributed by atoms with Crippen LogP contribution in [0.5, 0.6) is 0 Å². The van der Waals surface area contributed by atoms with Crippen LogP contribution in [-0.2, 0) is 17.8 Å². The minimum atomic E-state index is 0.0234. The molecule has 24 heavy (non-hydrogen) atoms. The molecule has 122 valence electrons. The van der Waals surface area contributed by atoms with E-state index in [1.807, 2.05) is 55.5 Å². The highest BCUT2D eigenvalue weighted by Gasteiger charge is 2.12. The van der Waals surface area contributed by atoms with Gasteiger partial charge in [-0.05, 0) is 25.0 Å². The van der Waals surface area contributed by atoms with E-state index >= 15 is 0 Å². The van der Waals surface area contributed by atoms with Crippen LogP contribution in [0.1, 0.15) is 23.1 Å². The van der Waals surface area contributed by atoms with Crippen molar-refractivity contribution in [3.8, 4) is 11.3 Å². The van der Waals surface area contributed by atoms with Gasteiger partial charge in [-0.1, -0.05) is 59.3 Å². The van der Waals surface area contributed by atoms with Gasteiger partial charge in [-0.25, -0.2) is 0 Å². The van der Waals surface area contributed by atoms with Crippen LogP contribution in [0.15, 0.2) is 65.4 Å². The summed E-state index contributed by atoms with van der Waals surface area (Å²) >= 11 is 0. The molecule has 3 rings (SSSR count). The average molecular weight is 320 g/mol. The maximum atomic E-state index is 12.1. The van der Waals surface area contributed by atoms with Gasteiger partial charge in [0.2, 0.25) is 5.91 Å². The van der Waals surface area contributed by atoms with E-state index in [0.717, 1.165) is 22.4 Å². The number of nitrogens with zero attached hydrogens (tertiary/aromatic N) is 1. The number of nitrogens with one attached hydrogen (secondary N) is 1. The number of carbonyl (C=O) groups excluding carboxylic acids is 1. The van der Waals surface area contributed by atoms with Gasteiger partial charge >= 0.3 is 0 Å². The van der Waals surface area contributed by atoms with Crippen molar-refractivity contribution in [1.82, 2.24) is 10.5 Å². The minimum Gasteiger partial charge on any atom is -0.364 e. The Kier molecular flexibility index (Phi) is 5.06. The Labute approximate surface area is 141 Å². The van der Waals surface area contributed by atoms with Crippen molar-refractivity contribution in [2.45, 2.75) is 26.3 Å². The molecule has 0 unspecified atom stereocenters. The molecule has 4 heteroatoms. The smallest absolute Gasteiger partial charge is 0.220 e. The van der Waals surface area contributed by atoms with Gasteiger partial charge in [-0.15, -0.1) is 0 Å². The number of amides is 1. The molecule has 0 aliphatic rings. The highest BCUT2D eigenvalue weighted by Crippen LogP contribution is 2.24. The molecule has 0 atom stereocenters. The molecule has 1 aromatic heterocycles. The maximum Gasteiger partial charge on any atom is 0.220 e. The van der Waals surface area contributed by atoms with Gasteiger partial charge in [0.25, 0.3) is 0 Å². The molecule has 3 aromatic rings. The van der Waals surface area contributed by atoms with Crippen LogP contribution < -0.4 is 5.32 Å². The Morgan fingerprint density at radius 3 is 2.75 bits per heavy atom. The Balaban J connectivity index is 1.57. The van der Waals surface area contributed by atoms with Crippen LogP contribution in [0, 0.1) is 6.92 Å². The van der Waals surface area contributed by atoms with Crippen molar-refractivity contribution in [3.05, 3.63) is 77.6 Å². The third-order valence-electron chi connectivity index (χ3n) is 3.89. The summed E-state index contributed by atoms with van der Waals surface area (Å²) in [6.07, 6.45) is 2.64. The van der Waals surface area contributed by atoms with Crippen molar-refractivity contribution in [2.75, 3.05) is 0 Å². The molecular formula is C20H20N2O2. The molecule has 0 saturated carbocycles. The van der Waals surface area contributed by atoms with Gasteiger partial charge in [0.15, 0.2) is 0 Å².